The largest absolute Gasteiger partial charge is 0.363 e. The van der Waals surface area contributed by atoms with Crippen molar-refractivity contribution in [2.75, 3.05) is 0 Å². The second-order valence-electron chi connectivity index (χ2n) is 6.12. The zero-order valence-corrected chi connectivity index (χ0v) is 15.1. The first-order chi connectivity index (χ1) is 13.5. The van der Waals surface area contributed by atoms with E-state index in [4.69, 9.17) is 5.73 Å². The molecule has 0 spiro atoms. The lowest BCUT2D eigenvalue weighted by Gasteiger charge is -2.16. The second-order valence-corrected chi connectivity index (χ2v) is 6.12. The summed E-state index contributed by atoms with van der Waals surface area (Å²) in [6.07, 6.45) is 4.51. The standard InChI is InChI=1S/C19H18N6O3/c1-12-7-16(25(24-12)14-9-21-11-22-10-14)19(28)23-15(17(26)18(20)27)8-13-5-3-2-4-6-13/h2-7,9-11,15H,8H2,1H3,(H2,20,27)(H,23,28)/t15-/m0/s1. The summed E-state index contributed by atoms with van der Waals surface area (Å²) < 4.78 is 1.37. The van der Waals surface area contributed by atoms with Crippen LogP contribution < -0.4 is 11.1 Å². The van der Waals surface area contributed by atoms with Crippen molar-refractivity contribution in [1.29, 1.82) is 0 Å². The van der Waals surface area contributed by atoms with Crippen LogP contribution in [0.25, 0.3) is 5.69 Å². The van der Waals surface area contributed by atoms with Gasteiger partial charge in [-0.2, -0.15) is 5.10 Å². The molecule has 9 heteroatoms. The van der Waals surface area contributed by atoms with Crippen LogP contribution in [0.4, 0.5) is 0 Å². The first kappa shape index (κ1) is 18.9. The molecule has 3 rings (SSSR count). The van der Waals surface area contributed by atoms with E-state index in [0.717, 1.165) is 5.56 Å². The summed E-state index contributed by atoms with van der Waals surface area (Å²) >= 11 is 0. The molecular formula is C19H18N6O3. The fourth-order valence-corrected chi connectivity index (χ4v) is 2.72. The van der Waals surface area contributed by atoms with Gasteiger partial charge in [-0.3, -0.25) is 14.4 Å². The predicted molar refractivity (Wildman–Crippen MR) is 99.5 cm³/mol. The van der Waals surface area contributed by atoms with Crippen LogP contribution in [0, 0.1) is 6.92 Å². The molecule has 0 saturated carbocycles. The normalized spacial score (nSPS) is 11.6. The van der Waals surface area contributed by atoms with E-state index in [1.165, 1.54) is 23.4 Å². The first-order valence-corrected chi connectivity index (χ1v) is 8.46. The van der Waals surface area contributed by atoms with Crippen LogP contribution in [0.1, 0.15) is 21.7 Å². The molecular weight excluding hydrogens is 360 g/mol. The summed E-state index contributed by atoms with van der Waals surface area (Å²) in [5, 5.41) is 6.87. The van der Waals surface area contributed by atoms with E-state index in [0.29, 0.717) is 11.4 Å². The average molecular weight is 378 g/mol. The molecule has 3 N–H and O–H groups in total. The SMILES string of the molecule is Cc1cc(C(=O)N[C@@H](Cc2ccccc2)C(=O)C(N)=O)n(-c2cncnc2)n1. The maximum atomic E-state index is 12.9. The topological polar surface area (TPSA) is 133 Å². The Labute approximate surface area is 160 Å². The summed E-state index contributed by atoms with van der Waals surface area (Å²) in [6, 6.07) is 9.50. The molecule has 0 aliphatic carbocycles. The number of nitrogens with zero attached hydrogens (tertiary/aromatic N) is 4. The highest BCUT2D eigenvalue weighted by Crippen LogP contribution is 2.12. The number of aromatic nitrogens is 4. The number of aryl methyl sites for hydroxylation is 1. The Bertz CT molecular complexity index is 1000. The Morgan fingerprint density at radius 2 is 1.82 bits per heavy atom. The molecule has 0 saturated heterocycles. The number of carbonyl (C=O) groups excluding carboxylic acids is 3. The monoisotopic (exact) mass is 378 g/mol. The van der Waals surface area contributed by atoms with Gasteiger partial charge in [-0.05, 0) is 18.6 Å². The lowest BCUT2D eigenvalue weighted by Crippen LogP contribution is -2.47. The van der Waals surface area contributed by atoms with Gasteiger partial charge in [0.2, 0.25) is 5.78 Å². The van der Waals surface area contributed by atoms with Gasteiger partial charge in [0, 0.05) is 6.42 Å². The zero-order chi connectivity index (χ0) is 20.1. The molecule has 1 atom stereocenters. The van der Waals surface area contributed by atoms with Crippen LogP contribution in [0.15, 0.2) is 55.1 Å². The van der Waals surface area contributed by atoms with E-state index < -0.39 is 23.6 Å². The lowest BCUT2D eigenvalue weighted by atomic mass is 10.0. The summed E-state index contributed by atoms with van der Waals surface area (Å²) in [7, 11) is 0. The third-order valence-corrected chi connectivity index (χ3v) is 4.00. The Kier molecular flexibility index (Phi) is 5.54. The smallest absolute Gasteiger partial charge is 0.287 e. The fourth-order valence-electron chi connectivity index (χ4n) is 2.72. The number of rotatable bonds is 7. The average Bonchev–Trinajstić information content (AvgIpc) is 3.10. The third kappa shape index (κ3) is 4.26. The molecule has 0 aliphatic rings. The van der Waals surface area contributed by atoms with Gasteiger partial charge < -0.3 is 11.1 Å². The minimum atomic E-state index is -1.11. The summed E-state index contributed by atoms with van der Waals surface area (Å²) in [6.45, 7) is 1.73. The molecule has 28 heavy (non-hydrogen) atoms. The van der Waals surface area contributed by atoms with Gasteiger partial charge in [0.1, 0.15) is 23.8 Å². The van der Waals surface area contributed by atoms with Crippen molar-refractivity contribution in [3.63, 3.8) is 0 Å². The number of amides is 2. The van der Waals surface area contributed by atoms with Crippen molar-refractivity contribution in [2.45, 2.75) is 19.4 Å². The Morgan fingerprint density at radius 3 is 2.46 bits per heavy atom. The number of hydrogen-bond donors (Lipinski definition) is 2. The van der Waals surface area contributed by atoms with Gasteiger partial charge in [0.05, 0.1) is 18.1 Å². The Balaban J connectivity index is 1.88. The van der Waals surface area contributed by atoms with E-state index in [9.17, 15) is 14.4 Å². The number of carbonyl (C=O) groups is 3. The highest BCUT2D eigenvalue weighted by molar-refractivity contribution is 6.38. The zero-order valence-electron chi connectivity index (χ0n) is 15.1. The molecule has 0 fully saturated rings. The van der Waals surface area contributed by atoms with Crippen LogP contribution in [0.5, 0.6) is 0 Å². The third-order valence-electron chi connectivity index (χ3n) is 4.00. The van der Waals surface area contributed by atoms with Crippen molar-refractivity contribution in [3.05, 3.63) is 72.1 Å². The molecule has 0 unspecified atom stereocenters. The van der Waals surface area contributed by atoms with Crippen molar-refractivity contribution in [2.24, 2.45) is 5.73 Å². The molecule has 9 nitrogen and oxygen atoms in total. The van der Waals surface area contributed by atoms with E-state index in [1.54, 1.807) is 37.3 Å². The van der Waals surface area contributed by atoms with Crippen molar-refractivity contribution in [3.8, 4) is 5.69 Å². The number of primary amides is 1. The quantitative estimate of drug-likeness (QED) is 0.571. The maximum absolute atomic E-state index is 12.9. The molecule has 2 amide bonds. The molecule has 0 radical (unpaired) electrons. The van der Waals surface area contributed by atoms with Crippen LogP contribution >= 0.6 is 0 Å². The van der Waals surface area contributed by atoms with Gasteiger partial charge in [-0.1, -0.05) is 30.3 Å². The number of Topliss-reactive ketones (excluding diaryl/α,β-unsaturated/α-hetero) is 1. The minimum Gasteiger partial charge on any atom is -0.363 e. The molecule has 3 aromatic rings. The highest BCUT2D eigenvalue weighted by atomic mass is 16.2. The van der Waals surface area contributed by atoms with Crippen LogP contribution in [-0.4, -0.2) is 43.4 Å². The summed E-state index contributed by atoms with van der Waals surface area (Å²) in [5.41, 5.74) is 7.20. The molecule has 2 heterocycles. The number of ketones is 1. The molecule has 0 bridgehead atoms. The predicted octanol–water partition coefficient (Wildman–Crippen LogP) is 0.366. The number of nitrogens with two attached hydrogens (primary N) is 1. The number of benzene rings is 1. The van der Waals surface area contributed by atoms with Gasteiger partial charge in [0.15, 0.2) is 0 Å². The highest BCUT2D eigenvalue weighted by Gasteiger charge is 2.27. The van der Waals surface area contributed by atoms with E-state index in [1.807, 2.05) is 6.07 Å². The van der Waals surface area contributed by atoms with Gasteiger partial charge >= 0.3 is 0 Å². The van der Waals surface area contributed by atoms with Crippen molar-refractivity contribution < 1.29 is 14.4 Å². The summed E-state index contributed by atoms with van der Waals surface area (Å²) in [5.74, 6) is -2.55. The summed E-state index contributed by atoms with van der Waals surface area (Å²) in [4.78, 5) is 44.4. The Morgan fingerprint density at radius 1 is 1.14 bits per heavy atom. The van der Waals surface area contributed by atoms with Crippen LogP contribution in [0.2, 0.25) is 0 Å². The van der Waals surface area contributed by atoms with E-state index in [2.05, 4.69) is 20.4 Å². The van der Waals surface area contributed by atoms with Gasteiger partial charge in [-0.15, -0.1) is 0 Å². The van der Waals surface area contributed by atoms with E-state index in [-0.39, 0.29) is 12.1 Å². The van der Waals surface area contributed by atoms with Crippen molar-refractivity contribution in [1.82, 2.24) is 25.1 Å². The number of hydrogen-bond acceptors (Lipinski definition) is 6. The van der Waals surface area contributed by atoms with Crippen LogP contribution in [0.3, 0.4) is 0 Å². The maximum Gasteiger partial charge on any atom is 0.287 e. The fraction of sp³-hybridized carbons (Fsp3) is 0.158. The van der Waals surface area contributed by atoms with Gasteiger partial charge in [-0.25, -0.2) is 14.6 Å². The second kappa shape index (κ2) is 8.21. The lowest BCUT2D eigenvalue weighted by molar-refractivity contribution is -0.137. The van der Waals surface area contributed by atoms with E-state index >= 15 is 0 Å². The van der Waals surface area contributed by atoms with Crippen molar-refractivity contribution >= 4 is 17.6 Å². The van der Waals surface area contributed by atoms with Gasteiger partial charge in [0.25, 0.3) is 11.8 Å². The van der Waals surface area contributed by atoms with Crippen LogP contribution in [-0.2, 0) is 16.0 Å². The molecule has 0 aliphatic heterocycles. The Hall–Kier alpha value is -3.88. The first-order valence-electron chi connectivity index (χ1n) is 8.46. The number of nitrogens with one attached hydrogen (secondary N) is 1. The molecule has 2 aromatic heterocycles. The molecule has 142 valence electrons. The molecule has 1 aromatic carbocycles. The minimum absolute atomic E-state index is 0.135.